The van der Waals surface area contributed by atoms with Gasteiger partial charge in [0.15, 0.2) is 0 Å². The van der Waals surface area contributed by atoms with E-state index in [9.17, 15) is 4.79 Å². The second-order valence-corrected chi connectivity index (χ2v) is 4.76. The van der Waals surface area contributed by atoms with E-state index in [1.54, 1.807) is 7.11 Å². The molecule has 0 aromatic rings. The van der Waals surface area contributed by atoms with Crippen LogP contribution in [-0.4, -0.2) is 32.6 Å². The Morgan fingerprint density at radius 1 is 1.31 bits per heavy atom. The van der Waals surface area contributed by atoms with Gasteiger partial charge in [-0.2, -0.15) is 0 Å². The first-order valence-electron chi connectivity index (χ1n) is 6.50. The monoisotopic (exact) mass is 227 g/mol. The van der Waals surface area contributed by atoms with Crippen molar-refractivity contribution >= 4 is 5.78 Å². The van der Waals surface area contributed by atoms with Crippen molar-refractivity contribution in [3.63, 3.8) is 0 Å². The van der Waals surface area contributed by atoms with Gasteiger partial charge in [-0.15, -0.1) is 0 Å². The number of hydrogen-bond acceptors (Lipinski definition) is 3. The van der Waals surface area contributed by atoms with E-state index in [2.05, 4.69) is 12.2 Å². The van der Waals surface area contributed by atoms with Gasteiger partial charge in [0, 0.05) is 19.6 Å². The fraction of sp³-hybridized carbons (Fsp3) is 0.923. The van der Waals surface area contributed by atoms with E-state index in [1.807, 2.05) is 0 Å². The molecule has 0 saturated heterocycles. The number of hydrogen-bond donors (Lipinski definition) is 1. The van der Waals surface area contributed by atoms with Gasteiger partial charge < -0.3 is 10.1 Å². The van der Waals surface area contributed by atoms with Crippen molar-refractivity contribution in [2.24, 2.45) is 11.8 Å². The van der Waals surface area contributed by atoms with Gasteiger partial charge in [0.25, 0.3) is 0 Å². The number of methoxy groups -OCH3 is 1. The molecule has 3 heteroatoms. The van der Waals surface area contributed by atoms with E-state index in [0.29, 0.717) is 24.9 Å². The molecule has 0 spiro atoms. The first-order valence-corrected chi connectivity index (χ1v) is 6.50. The number of carbonyl (C=O) groups excluding carboxylic acids is 1. The van der Waals surface area contributed by atoms with Crippen LogP contribution in [0.5, 0.6) is 0 Å². The Bertz CT molecular complexity index is 198. The smallest absolute Gasteiger partial charge is 0.149 e. The Hall–Kier alpha value is -0.410. The molecule has 0 aromatic heterocycles. The second kappa shape index (κ2) is 7.80. The quantitative estimate of drug-likeness (QED) is 0.676. The first-order chi connectivity index (χ1) is 7.77. The minimum absolute atomic E-state index is 0.317. The summed E-state index contributed by atoms with van der Waals surface area (Å²) in [6.45, 7) is 4.21. The largest absolute Gasteiger partial charge is 0.383 e. The van der Waals surface area contributed by atoms with Gasteiger partial charge in [0.2, 0.25) is 0 Å². The minimum atomic E-state index is 0.317. The van der Waals surface area contributed by atoms with Crippen LogP contribution in [0.25, 0.3) is 0 Å². The van der Waals surface area contributed by atoms with Crippen LogP contribution in [-0.2, 0) is 9.53 Å². The molecule has 0 bridgehead atoms. The Kier molecular flexibility index (Phi) is 6.65. The van der Waals surface area contributed by atoms with E-state index in [1.165, 1.54) is 19.3 Å². The third kappa shape index (κ3) is 4.62. The second-order valence-electron chi connectivity index (χ2n) is 4.76. The van der Waals surface area contributed by atoms with Crippen molar-refractivity contribution in [3.8, 4) is 0 Å². The van der Waals surface area contributed by atoms with Crippen LogP contribution in [0.1, 0.15) is 39.0 Å². The van der Waals surface area contributed by atoms with Gasteiger partial charge in [-0.3, -0.25) is 4.79 Å². The number of ether oxygens (including phenoxy) is 1. The van der Waals surface area contributed by atoms with Crippen molar-refractivity contribution in [1.29, 1.82) is 0 Å². The van der Waals surface area contributed by atoms with Crippen LogP contribution in [0.15, 0.2) is 0 Å². The highest BCUT2D eigenvalue weighted by atomic mass is 16.5. The molecule has 0 radical (unpaired) electrons. The molecule has 16 heavy (non-hydrogen) atoms. The van der Waals surface area contributed by atoms with Crippen LogP contribution in [0.3, 0.4) is 0 Å². The number of Topliss-reactive ketones (excluding diaryl/α,β-unsaturated/α-hetero) is 1. The third-order valence-corrected chi connectivity index (χ3v) is 3.66. The molecule has 0 aliphatic heterocycles. The zero-order valence-corrected chi connectivity index (χ0v) is 10.6. The fourth-order valence-corrected chi connectivity index (χ4v) is 2.42. The molecular formula is C13H25NO2. The SMILES string of the molecule is CCC1CCC(C(=O)CNCCOC)CC1. The molecular weight excluding hydrogens is 202 g/mol. The molecule has 0 aromatic carbocycles. The van der Waals surface area contributed by atoms with Gasteiger partial charge in [0.05, 0.1) is 13.2 Å². The zero-order valence-electron chi connectivity index (χ0n) is 10.6. The van der Waals surface area contributed by atoms with Gasteiger partial charge in [0.1, 0.15) is 5.78 Å². The number of nitrogens with one attached hydrogen (secondary N) is 1. The summed E-state index contributed by atoms with van der Waals surface area (Å²) in [6, 6.07) is 0. The molecule has 1 N–H and O–H groups in total. The van der Waals surface area contributed by atoms with E-state index in [0.717, 1.165) is 25.3 Å². The Labute approximate surface area is 98.9 Å². The summed E-state index contributed by atoms with van der Waals surface area (Å²) < 4.78 is 4.92. The molecule has 1 fully saturated rings. The summed E-state index contributed by atoms with van der Waals surface area (Å²) in [6.07, 6.45) is 5.95. The van der Waals surface area contributed by atoms with Crippen LogP contribution in [0.2, 0.25) is 0 Å². The molecule has 1 saturated carbocycles. The maximum atomic E-state index is 11.9. The molecule has 0 heterocycles. The van der Waals surface area contributed by atoms with E-state index in [-0.39, 0.29) is 0 Å². The number of rotatable bonds is 7. The molecule has 0 amide bonds. The van der Waals surface area contributed by atoms with Gasteiger partial charge in [-0.25, -0.2) is 0 Å². The van der Waals surface area contributed by atoms with Crippen molar-refractivity contribution in [2.75, 3.05) is 26.8 Å². The lowest BCUT2D eigenvalue weighted by Crippen LogP contribution is -2.32. The van der Waals surface area contributed by atoms with Gasteiger partial charge in [-0.05, 0) is 31.6 Å². The van der Waals surface area contributed by atoms with Crippen molar-refractivity contribution in [2.45, 2.75) is 39.0 Å². The molecule has 0 unspecified atom stereocenters. The molecule has 94 valence electrons. The normalized spacial score (nSPS) is 25.6. The average Bonchev–Trinajstić information content (AvgIpc) is 2.34. The van der Waals surface area contributed by atoms with Gasteiger partial charge in [-0.1, -0.05) is 13.3 Å². The molecule has 1 rings (SSSR count). The van der Waals surface area contributed by atoms with Crippen LogP contribution < -0.4 is 5.32 Å². The minimum Gasteiger partial charge on any atom is -0.383 e. The predicted molar refractivity (Wildman–Crippen MR) is 65.5 cm³/mol. The fourth-order valence-electron chi connectivity index (χ4n) is 2.42. The topological polar surface area (TPSA) is 38.3 Å². The highest BCUT2D eigenvalue weighted by Gasteiger charge is 2.24. The Morgan fingerprint density at radius 2 is 2.00 bits per heavy atom. The number of carbonyl (C=O) groups is 1. The highest BCUT2D eigenvalue weighted by Crippen LogP contribution is 2.30. The van der Waals surface area contributed by atoms with Gasteiger partial charge >= 0.3 is 0 Å². The van der Waals surface area contributed by atoms with Crippen molar-refractivity contribution in [3.05, 3.63) is 0 Å². The summed E-state index contributed by atoms with van der Waals surface area (Å²) in [5, 5.41) is 3.13. The summed E-state index contributed by atoms with van der Waals surface area (Å²) in [5.74, 6) is 1.58. The maximum Gasteiger partial charge on any atom is 0.149 e. The summed E-state index contributed by atoms with van der Waals surface area (Å²) >= 11 is 0. The molecule has 1 aliphatic rings. The Morgan fingerprint density at radius 3 is 2.56 bits per heavy atom. The molecule has 1 aliphatic carbocycles. The highest BCUT2D eigenvalue weighted by molar-refractivity contribution is 5.83. The lowest BCUT2D eigenvalue weighted by Gasteiger charge is -2.26. The standard InChI is InChI=1S/C13H25NO2/c1-3-11-4-6-12(7-5-11)13(15)10-14-8-9-16-2/h11-12,14H,3-10H2,1-2H3. The van der Waals surface area contributed by atoms with Crippen LogP contribution in [0, 0.1) is 11.8 Å². The first kappa shape index (κ1) is 13.7. The average molecular weight is 227 g/mol. The third-order valence-electron chi connectivity index (χ3n) is 3.66. The summed E-state index contributed by atoms with van der Waals surface area (Å²) in [5.41, 5.74) is 0. The summed E-state index contributed by atoms with van der Waals surface area (Å²) in [4.78, 5) is 11.9. The summed E-state index contributed by atoms with van der Waals surface area (Å²) in [7, 11) is 1.68. The van der Waals surface area contributed by atoms with Crippen LogP contribution in [0.4, 0.5) is 0 Å². The zero-order chi connectivity index (χ0) is 11.8. The van der Waals surface area contributed by atoms with Crippen LogP contribution >= 0.6 is 0 Å². The van der Waals surface area contributed by atoms with E-state index >= 15 is 0 Å². The molecule has 3 nitrogen and oxygen atoms in total. The van der Waals surface area contributed by atoms with E-state index in [4.69, 9.17) is 4.74 Å². The van der Waals surface area contributed by atoms with Crippen molar-refractivity contribution < 1.29 is 9.53 Å². The Balaban J connectivity index is 2.13. The molecule has 0 atom stereocenters. The maximum absolute atomic E-state index is 11.9. The lowest BCUT2D eigenvalue weighted by molar-refractivity contribution is -0.123. The number of ketones is 1. The predicted octanol–water partition coefficient (Wildman–Crippen LogP) is 2.01. The van der Waals surface area contributed by atoms with E-state index < -0.39 is 0 Å². The lowest BCUT2D eigenvalue weighted by atomic mass is 9.79. The van der Waals surface area contributed by atoms with Crippen molar-refractivity contribution in [1.82, 2.24) is 5.32 Å².